The van der Waals surface area contributed by atoms with Crippen LogP contribution in [-0.4, -0.2) is 10.4 Å². The molecule has 3 nitrogen and oxygen atoms in total. The first-order chi connectivity index (χ1) is 8.60. The Balaban J connectivity index is 2.23. The van der Waals surface area contributed by atoms with Crippen molar-refractivity contribution in [3.05, 3.63) is 59.2 Å². The molecule has 0 spiro atoms. The van der Waals surface area contributed by atoms with E-state index in [4.69, 9.17) is 5.26 Å². The average Bonchev–Trinajstić information content (AvgIpc) is 2.80. The van der Waals surface area contributed by atoms with Crippen molar-refractivity contribution in [3.63, 3.8) is 0 Å². The largest absolute Gasteiger partial charge is 0.349 e. The summed E-state index contributed by atoms with van der Waals surface area (Å²) in [6.07, 6.45) is 3.52. The fourth-order valence-corrected chi connectivity index (χ4v) is 1.71. The van der Waals surface area contributed by atoms with Crippen LogP contribution in [0.2, 0.25) is 0 Å². The van der Waals surface area contributed by atoms with Crippen molar-refractivity contribution in [2.45, 2.75) is 13.5 Å². The first-order valence-electron chi connectivity index (χ1n) is 5.45. The normalized spacial score (nSPS) is 10.1. The summed E-state index contributed by atoms with van der Waals surface area (Å²) in [6.45, 7) is 2.01. The van der Waals surface area contributed by atoms with Crippen LogP contribution in [-0.2, 0) is 6.54 Å². The summed E-state index contributed by atoms with van der Waals surface area (Å²) in [7, 11) is 0. The van der Waals surface area contributed by atoms with Crippen molar-refractivity contribution < 1.29 is 9.18 Å². The maximum absolute atomic E-state index is 13.1. The van der Waals surface area contributed by atoms with Crippen LogP contribution in [0.5, 0.6) is 0 Å². The summed E-state index contributed by atoms with van der Waals surface area (Å²) in [4.78, 5) is 11.2. The smallest absolute Gasteiger partial charge is 0.161 e. The predicted octanol–water partition coefficient (Wildman–Crippen LogP) is 2.75. The van der Waals surface area contributed by atoms with Crippen LogP contribution in [0.3, 0.4) is 0 Å². The molecule has 0 bridgehead atoms. The Hall–Kier alpha value is -2.41. The lowest BCUT2D eigenvalue weighted by Crippen LogP contribution is -1.98. The van der Waals surface area contributed by atoms with Gasteiger partial charge in [0, 0.05) is 24.5 Å². The SMILES string of the molecule is CC(=O)c1ccn(Cc2ccc(F)c(C#N)c2)c1. The van der Waals surface area contributed by atoms with E-state index in [1.54, 1.807) is 30.6 Å². The number of ketones is 1. The Labute approximate surface area is 104 Å². The molecule has 0 atom stereocenters. The second-order valence-corrected chi connectivity index (χ2v) is 4.05. The molecule has 1 heterocycles. The standard InChI is InChI=1S/C14H11FN2O/c1-10(18)12-4-5-17(9-12)8-11-2-3-14(15)13(6-11)7-16/h2-6,9H,8H2,1H3. The topological polar surface area (TPSA) is 45.8 Å². The second kappa shape index (κ2) is 4.84. The molecule has 0 N–H and O–H groups in total. The van der Waals surface area contributed by atoms with Crippen molar-refractivity contribution >= 4 is 5.78 Å². The van der Waals surface area contributed by atoms with Gasteiger partial charge in [0.1, 0.15) is 11.9 Å². The lowest BCUT2D eigenvalue weighted by atomic mass is 10.1. The molecule has 18 heavy (non-hydrogen) atoms. The van der Waals surface area contributed by atoms with Gasteiger partial charge < -0.3 is 4.57 Å². The lowest BCUT2D eigenvalue weighted by molar-refractivity contribution is 0.101. The van der Waals surface area contributed by atoms with E-state index in [1.807, 2.05) is 4.57 Å². The number of rotatable bonds is 3. The molecular formula is C14H11FN2O. The van der Waals surface area contributed by atoms with E-state index in [0.717, 1.165) is 5.56 Å². The molecule has 0 unspecified atom stereocenters. The average molecular weight is 242 g/mol. The van der Waals surface area contributed by atoms with Gasteiger partial charge in [-0.3, -0.25) is 4.79 Å². The lowest BCUT2D eigenvalue weighted by Gasteiger charge is -2.04. The van der Waals surface area contributed by atoms with Crippen LogP contribution in [0.25, 0.3) is 0 Å². The number of aromatic nitrogens is 1. The van der Waals surface area contributed by atoms with Crippen LogP contribution in [0.1, 0.15) is 28.4 Å². The van der Waals surface area contributed by atoms with E-state index in [9.17, 15) is 9.18 Å². The summed E-state index contributed by atoms with van der Waals surface area (Å²) in [5.74, 6) is -0.510. The highest BCUT2D eigenvalue weighted by Gasteiger charge is 2.05. The van der Waals surface area contributed by atoms with Gasteiger partial charge in [-0.2, -0.15) is 5.26 Å². The molecule has 0 aliphatic heterocycles. The van der Waals surface area contributed by atoms with Crippen LogP contribution < -0.4 is 0 Å². The molecule has 1 aromatic heterocycles. The number of nitrogens with zero attached hydrogens (tertiary/aromatic N) is 2. The Morgan fingerprint density at radius 1 is 1.44 bits per heavy atom. The van der Waals surface area contributed by atoms with Crippen molar-refractivity contribution in [1.29, 1.82) is 5.26 Å². The van der Waals surface area contributed by atoms with Crippen LogP contribution >= 0.6 is 0 Å². The first kappa shape index (κ1) is 12.1. The molecule has 0 saturated heterocycles. The zero-order chi connectivity index (χ0) is 13.1. The van der Waals surface area contributed by atoms with Gasteiger partial charge in [-0.05, 0) is 30.7 Å². The van der Waals surface area contributed by atoms with Gasteiger partial charge in [0.15, 0.2) is 5.78 Å². The van der Waals surface area contributed by atoms with Gasteiger partial charge >= 0.3 is 0 Å². The third-order valence-electron chi connectivity index (χ3n) is 2.67. The Morgan fingerprint density at radius 2 is 2.22 bits per heavy atom. The number of carbonyl (C=O) groups excluding carboxylic acids is 1. The van der Waals surface area contributed by atoms with Gasteiger partial charge in [0.2, 0.25) is 0 Å². The van der Waals surface area contributed by atoms with E-state index in [2.05, 4.69) is 0 Å². The molecule has 90 valence electrons. The predicted molar refractivity (Wildman–Crippen MR) is 64.7 cm³/mol. The minimum absolute atomic E-state index is 0.00516. The van der Waals surface area contributed by atoms with Gasteiger partial charge in [0.25, 0.3) is 0 Å². The number of carbonyl (C=O) groups is 1. The van der Waals surface area contributed by atoms with Gasteiger partial charge in [-0.25, -0.2) is 4.39 Å². The molecule has 4 heteroatoms. The first-order valence-corrected chi connectivity index (χ1v) is 5.45. The maximum Gasteiger partial charge on any atom is 0.161 e. The third kappa shape index (κ3) is 2.46. The number of nitriles is 1. The minimum atomic E-state index is -0.516. The van der Waals surface area contributed by atoms with Crippen LogP contribution in [0.15, 0.2) is 36.7 Å². The van der Waals surface area contributed by atoms with Crippen molar-refractivity contribution in [2.24, 2.45) is 0 Å². The zero-order valence-electron chi connectivity index (χ0n) is 9.85. The molecule has 0 amide bonds. The molecule has 0 fully saturated rings. The molecule has 0 aliphatic carbocycles. The van der Waals surface area contributed by atoms with Crippen molar-refractivity contribution in [1.82, 2.24) is 4.57 Å². The number of hydrogen-bond acceptors (Lipinski definition) is 2. The number of Topliss-reactive ketones (excluding diaryl/α,β-unsaturated/α-hetero) is 1. The Morgan fingerprint density at radius 3 is 2.83 bits per heavy atom. The molecular weight excluding hydrogens is 231 g/mol. The second-order valence-electron chi connectivity index (χ2n) is 4.05. The Bertz CT molecular complexity index is 637. The summed E-state index contributed by atoms with van der Waals surface area (Å²) in [6, 6.07) is 7.97. The fourth-order valence-electron chi connectivity index (χ4n) is 1.71. The Kier molecular flexibility index (Phi) is 3.24. The van der Waals surface area contributed by atoms with Crippen molar-refractivity contribution in [3.8, 4) is 6.07 Å². The fraction of sp³-hybridized carbons (Fsp3) is 0.143. The maximum atomic E-state index is 13.1. The van der Waals surface area contributed by atoms with Gasteiger partial charge in [-0.1, -0.05) is 6.07 Å². The van der Waals surface area contributed by atoms with Gasteiger partial charge in [-0.15, -0.1) is 0 Å². The summed E-state index contributed by atoms with van der Waals surface area (Å²) in [5, 5.41) is 8.74. The molecule has 0 saturated carbocycles. The summed E-state index contributed by atoms with van der Waals surface area (Å²) >= 11 is 0. The molecule has 1 aromatic carbocycles. The third-order valence-corrected chi connectivity index (χ3v) is 2.67. The summed E-state index contributed by atoms with van der Waals surface area (Å²) < 4.78 is 15.0. The van der Waals surface area contributed by atoms with Crippen LogP contribution in [0.4, 0.5) is 4.39 Å². The quantitative estimate of drug-likeness (QED) is 0.777. The summed E-state index contributed by atoms with van der Waals surface area (Å²) in [5.41, 5.74) is 1.49. The monoisotopic (exact) mass is 242 g/mol. The van der Waals surface area contributed by atoms with Crippen molar-refractivity contribution in [2.75, 3.05) is 0 Å². The van der Waals surface area contributed by atoms with E-state index >= 15 is 0 Å². The molecule has 0 aliphatic rings. The number of benzene rings is 1. The van der Waals surface area contributed by atoms with Crippen LogP contribution in [0, 0.1) is 17.1 Å². The van der Waals surface area contributed by atoms with E-state index in [-0.39, 0.29) is 11.3 Å². The van der Waals surface area contributed by atoms with Gasteiger partial charge in [0.05, 0.1) is 5.56 Å². The minimum Gasteiger partial charge on any atom is -0.349 e. The highest BCUT2D eigenvalue weighted by atomic mass is 19.1. The number of hydrogen-bond donors (Lipinski definition) is 0. The highest BCUT2D eigenvalue weighted by Crippen LogP contribution is 2.12. The highest BCUT2D eigenvalue weighted by molar-refractivity contribution is 5.93. The zero-order valence-corrected chi connectivity index (χ0v) is 9.85. The van der Waals surface area contributed by atoms with E-state index in [1.165, 1.54) is 19.1 Å². The molecule has 2 aromatic rings. The molecule has 0 radical (unpaired) electrons. The van der Waals surface area contributed by atoms with E-state index in [0.29, 0.717) is 12.1 Å². The van der Waals surface area contributed by atoms with E-state index < -0.39 is 5.82 Å². The number of halogens is 1. The molecule has 2 rings (SSSR count).